The molecule has 0 spiro atoms. The van der Waals surface area contributed by atoms with E-state index in [2.05, 4.69) is 0 Å². The maximum absolute atomic E-state index is 13.7. The second-order valence-electron chi connectivity index (χ2n) is 4.40. The van der Waals surface area contributed by atoms with Gasteiger partial charge in [-0.05, 0) is 11.6 Å². The lowest BCUT2D eigenvalue weighted by molar-refractivity contribution is 0.0696. The number of amides is 1. The van der Waals surface area contributed by atoms with E-state index in [1.54, 1.807) is 35.6 Å². The van der Waals surface area contributed by atoms with Gasteiger partial charge < -0.3 is 9.84 Å². The quantitative estimate of drug-likeness (QED) is 0.843. The molecule has 0 aromatic heterocycles. The first-order valence-corrected chi connectivity index (χ1v) is 6.28. The Kier molecular flexibility index (Phi) is 4.85. The SMILES string of the molecule is O=C(Nc1c(C(=O)O)cc(F)c(F)c1F)OCc1ccccc1. The van der Waals surface area contributed by atoms with E-state index in [1.165, 1.54) is 0 Å². The summed E-state index contributed by atoms with van der Waals surface area (Å²) in [5.74, 6) is -7.13. The van der Waals surface area contributed by atoms with Gasteiger partial charge in [-0.2, -0.15) is 0 Å². The topological polar surface area (TPSA) is 75.6 Å². The Labute approximate surface area is 128 Å². The lowest BCUT2D eigenvalue weighted by Crippen LogP contribution is -2.18. The van der Waals surface area contributed by atoms with Crippen LogP contribution in [0.1, 0.15) is 15.9 Å². The van der Waals surface area contributed by atoms with Gasteiger partial charge in [-0.15, -0.1) is 0 Å². The largest absolute Gasteiger partial charge is 0.478 e. The normalized spacial score (nSPS) is 10.2. The van der Waals surface area contributed by atoms with Gasteiger partial charge in [0.2, 0.25) is 0 Å². The van der Waals surface area contributed by atoms with Crippen molar-refractivity contribution < 1.29 is 32.6 Å². The number of ether oxygens (including phenoxy) is 1. The van der Waals surface area contributed by atoms with Crippen LogP contribution in [0.3, 0.4) is 0 Å². The van der Waals surface area contributed by atoms with Crippen LogP contribution in [-0.2, 0) is 11.3 Å². The standard InChI is InChI=1S/C15H10F3NO4/c16-10-6-9(14(20)21)13(12(18)11(10)17)19-15(22)23-7-8-4-2-1-3-5-8/h1-6H,7H2,(H,19,22)(H,20,21). The van der Waals surface area contributed by atoms with E-state index in [-0.39, 0.29) is 12.7 Å². The van der Waals surface area contributed by atoms with Gasteiger partial charge in [-0.25, -0.2) is 22.8 Å². The zero-order valence-corrected chi connectivity index (χ0v) is 11.5. The predicted octanol–water partition coefficient (Wildman–Crippen LogP) is 3.55. The highest BCUT2D eigenvalue weighted by Gasteiger charge is 2.24. The second kappa shape index (κ2) is 6.82. The van der Waals surface area contributed by atoms with Gasteiger partial charge in [0.15, 0.2) is 17.5 Å². The number of carbonyl (C=O) groups excluding carboxylic acids is 1. The van der Waals surface area contributed by atoms with E-state index in [4.69, 9.17) is 9.84 Å². The van der Waals surface area contributed by atoms with Crippen molar-refractivity contribution in [2.24, 2.45) is 0 Å². The highest BCUT2D eigenvalue weighted by atomic mass is 19.2. The maximum atomic E-state index is 13.7. The average molecular weight is 325 g/mol. The molecule has 0 aliphatic rings. The molecule has 0 saturated carbocycles. The van der Waals surface area contributed by atoms with E-state index in [0.29, 0.717) is 5.56 Å². The summed E-state index contributed by atoms with van der Waals surface area (Å²) in [6.07, 6.45) is -1.21. The highest BCUT2D eigenvalue weighted by molar-refractivity contribution is 5.99. The van der Waals surface area contributed by atoms with Crippen molar-refractivity contribution in [2.45, 2.75) is 6.61 Å². The summed E-state index contributed by atoms with van der Waals surface area (Å²) in [7, 11) is 0. The first-order chi connectivity index (χ1) is 10.9. The Balaban J connectivity index is 2.17. The second-order valence-corrected chi connectivity index (χ2v) is 4.40. The Morgan fingerprint density at radius 1 is 1.09 bits per heavy atom. The lowest BCUT2D eigenvalue weighted by Gasteiger charge is -2.11. The van der Waals surface area contributed by atoms with Crippen molar-refractivity contribution >= 4 is 17.7 Å². The van der Waals surface area contributed by atoms with Gasteiger partial charge in [-0.3, -0.25) is 5.32 Å². The molecule has 0 unspecified atom stereocenters. The molecule has 0 saturated heterocycles. The summed E-state index contributed by atoms with van der Waals surface area (Å²) < 4.78 is 44.7. The Morgan fingerprint density at radius 2 is 1.74 bits per heavy atom. The summed E-state index contributed by atoms with van der Waals surface area (Å²) in [6, 6.07) is 8.75. The molecule has 0 aliphatic carbocycles. The molecule has 0 radical (unpaired) electrons. The third kappa shape index (κ3) is 3.79. The number of aromatic carboxylic acids is 1. The third-order valence-corrected chi connectivity index (χ3v) is 2.83. The van der Waals surface area contributed by atoms with E-state index >= 15 is 0 Å². The van der Waals surface area contributed by atoms with Crippen LogP contribution in [0.4, 0.5) is 23.7 Å². The molecular weight excluding hydrogens is 315 g/mol. The van der Waals surface area contributed by atoms with Crippen molar-refractivity contribution in [2.75, 3.05) is 5.32 Å². The molecular formula is C15H10F3NO4. The monoisotopic (exact) mass is 325 g/mol. The number of benzene rings is 2. The molecule has 0 fully saturated rings. The zero-order chi connectivity index (χ0) is 17.0. The van der Waals surface area contributed by atoms with Gasteiger partial charge in [0, 0.05) is 0 Å². The number of rotatable bonds is 4. The van der Waals surface area contributed by atoms with Gasteiger partial charge >= 0.3 is 12.1 Å². The van der Waals surface area contributed by atoms with Gasteiger partial charge in [-0.1, -0.05) is 30.3 Å². The molecule has 2 aromatic rings. The summed E-state index contributed by atoms with van der Waals surface area (Å²) in [6.45, 7) is -0.166. The smallest absolute Gasteiger partial charge is 0.412 e. The predicted molar refractivity (Wildman–Crippen MR) is 73.5 cm³/mol. The molecule has 0 atom stereocenters. The number of carbonyl (C=O) groups is 2. The minimum atomic E-state index is -1.90. The van der Waals surface area contributed by atoms with Crippen LogP contribution in [0.2, 0.25) is 0 Å². The molecule has 0 bridgehead atoms. The van der Waals surface area contributed by atoms with Crippen molar-refractivity contribution in [3.05, 3.63) is 65.0 Å². The van der Waals surface area contributed by atoms with Crippen LogP contribution in [0.25, 0.3) is 0 Å². The van der Waals surface area contributed by atoms with Gasteiger partial charge in [0.05, 0.1) is 11.3 Å². The van der Waals surface area contributed by atoms with E-state index in [0.717, 1.165) is 0 Å². The van der Waals surface area contributed by atoms with Crippen molar-refractivity contribution in [1.29, 1.82) is 0 Å². The number of carboxylic acid groups (broad SMARTS) is 1. The molecule has 2 N–H and O–H groups in total. The fraction of sp³-hybridized carbons (Fsp3) is 0.0667. The fourth-order valence-corrected chi connectivity index (χ4v) is 1.75. The first kappa shape index (κ1) is 16.3. The molecule has 5 nitrogen and oxygen atoms in total. The number of hydrogen-bond donors (Lipinski definition) is 2. The average Bonchev–Trinajstić information content (AvgIpc) is 2.54. The molecule has 8 heteroatoms. The van der Waals surface area contributed by atoms with E-state index < -0.39 is 40.8 Å². The Hall–Kier alpha value is -3.03. The number of anilines is 1. The van der Waals surface area contributed by atoms with Crippen LogP contribution < -0.4 is 5.32 Å². The van der Waals surface area contributed by atoms with E-state index in [9.17, 15) is 22.8 Å². The molecule has 0 heterocycles. The zero-order valence-electron chi connectivity index (χ0n) is 11.5. The minimum Gasteiger partial charge on any atom is -0.478 e. The van der Waals surface area contributed by atoms with Crippen LogP contribution in [-0.4, -0.2) is 17.2 Å². The Bertz CT molecular complexity index is 750. The molecule has 1 amide bonds. The summed E-state index contributed by atoms with van der Waals surface area (Å²) in [5, 5.41) is 10.7. The number of nitrogens with one attached hydrogen (secondary N) is 1. The van der Waals surface area contributed by atoms with Gasteiger partial charge in [0.25, 0.3) is 0 Å². The van der Waals surface area contributed by atoms with Crippen LogP contribution >= 0.6 is 0 Å². The molecule has 23 heavy (non-hydrogen) atoms. The highest BCUT2D eigenvalue weighted by Crippen LogP contribution is 2.25. The Morgan fingerprint density at radius 3 is 2.35 bits per heavy atom. The molecule has 2 rings (SSSR count). The van der Waals surface area contributed by atoms with Crippen molar-refractivity contribution in [1.82, 2.24) is 0 Å². The van der Waals surface area contributed by atoms with Gasteiger partial charge in [0.1, 0.15) is 6.61 Å². The molecule has 0 aliphatic heterocycles. The van der Waals surface area contributed by atoms with E-state index in [1.807, 2.05) is 0 Å². The summed E-state index contributed by atoms with van der Waals surface area (Å²) in [4.78, 5) is 22.6. The maximum Gasteiger partial charge on any atom is 0.412 e. The lowest BCUT2D eigenvalue weighted by atomic mass is 10.1. The summed E-state index contributed by atoms with van der Waals surface area (Å²) in [5.41, 5.74) is -1.31. The number of hydrogen-bond acceptors (Lipinski definition) is 3. The fourth-order valence-electron chi connectivity index (χ4n) is 1.75. The first-order valence-electron chi connectivity index (χ1n) is 6.28. The number of carboxylic acids is 1. The van der Waals surface area contributed by atoms with Crippen molar-refractivity contribution in [3.63, 3.8) is 0 Å². The number of halogens is 3. The summed E-state index contributed by atoms with van der Waals surface area (Å²) >= 11 is 0. The van der Waals surface area contributed by atoms with Crippen LogP contribution in [0.15, 0.2) is 36.4 Å². The molecule has 120 valence electrons. The van der Waals surface area contributed by atoms with Crippen LogP contribution in [0.5, 0.6) is 0 Å². The van der Waals surface area contributed by atoms with Crippen molar-refractivity contribution in [3.8, 4) is 0 Å². The molecule has 2 aromatic carbocycles. The van der Waals surface area contributed by atoms with Crippen LogP contribution in [0, 0.1) is 17.5 Å². The third-order valence-electron chi connectivity index (χ3n) is 2.83. The minimum absolute atomic E-state index is 0.166.